The quantitative estimate of drug-likeness (QED) is 0.470. The number of benzene rings is 2. The minimum absolute atomic E-state index is 0.466. The van der Waals surface area contributed by atoms with E-state index in [-0.39, 0.29) is 0 Å². The summed E-state index contributed by atoms with van der Waals surface area (Å²) >= 11 is 0. The predicted octanol–water partition coefficient (Wildman–Crippen LogP) is 7.15. The third-order valence-corrected chi connectivity index (χ3v) is 6.97. The van der Waals surface area contributed by atoms with Crippen molar-refractivity contribution in [3.05, 3.63) is 47.5 Å². The molecule has 188 valence electrons. The Morgan fingerprint density at radius 3 is 1.21 bits per heavy atom. The number of carbonyl (C=O) groups excluding carboxylic acids is 2. The summed E-state index contributed by atoms with van der Waals surface area (Å²) in [6, 6.07) is 14.0. The van der Waals surface area contributed by atoms with Crippen molar-refractivity contribution in [3.63, 3.8) is 0 Å². The smallest absolute Gasteiger partial charge is 0.207 e. The van der Waals surface area contributed by atoms with Gasteiger partial charge in [0, 0.05) is 12.1 Å². The van der Waals surface area contributed by atoms with Crippen LogP contribution in [0.15, 0.2) is 36.4 Å². The monoisotopic (exact) mass is 466 g/mol. The normalized spacial score (nSPS) is 17.8. The third-order valence-electron chi connectivity index (χ3n) is 6.97. The first-order valence-corrected chi connectivity index (χ1v) is 13.5. The van der Waals surface area contributed by atoms with Gasteiger partial charge in [-0.25, -0.2) is 0 Å². The molecule has 4 heteroatoms. The number of aryl methyl sites for hydroxylation is 2. The molecule has 0 unspecified atom stereocenters. The third kappa shape index (κ3) is 11.7. The van der Waals surface area contributed by atoms with Gasteiger partial charge in [-0.05, 0) is 50.3 Å². The zero-order valence-corrected chi connectivity index (χ0v) is 21.5. The van der Waals surface area contributed by atoms with Crippen molar-refractivity contribution in [2.75, 3.05) is 0 Å². The van der Waals surface area contributed by atoms with Crippen molar-refractivity contribution in [1.82, 2.24) is 10.6 Å². The lowest BCUT2D eigenvalue weighted by Gasteiger charge is -2.18. The van der Waals surface area contributed by atoms with Gasteiger partial charge in [-0.2, -0.15) is 0 Å². The summed E-state index contributed by atoms with van der Waals surface area (Å²) in [5.74, 6) is 0. The summed E-state index contributed by atoms with van der Waals surface area (Å²) in [6.45, 7) is 4.25. The molecule has 2 aromatic carbocycles. The molecule has 2 aliphatic rings. The van der Waals surface area contributed by atoms with Crippen LogP contribution in [0.3, 0.4) is 0 Å². The standard InChI is InChI=1S/C12H12.2C9H17NO/c1-9-3-5-12-8-10(2)4-6-11(12)7-9;2*11-8-10-9-6-4-2-1-3-5-7-9/h3-8H,1-2H3;2*8-9H,1-7H2,(H,10,11). The van der Waals surface area contributed by atoms with Gasteiger partial charge in [0.1, 0.15) is 0 Å². The first-order valence-electron chi connectivity index (χ1n) is 13.5. The molecule has 2 amide bonds. The predicted molar refractivity (Wildman–Crippen MR) is 144 cm³/mol. The van der Waals surface area contributed by atoms with E-state index in [1.54, 1.807) is 0 Å². The molecule has 2 N–H and O–H groups in total. The van der Waals surface area contributed by atoms with Gasteiger partial charge in [-0.3, -0.25) is 9.59 Å². The van der Waals surface area contributed by atoms with E-state index in [2.05, 4.69) is 60.9 Å². The Hall–Kier alpha value is -2.36. The molecule has 34 heavy (non-hydrogen) atoms. The fourth-order valence-corrected chi connectivity index (χ4v) is 4.92. The second-order valence-corrected chi connectivity index (χ2v) is 10.0. The largest absolute Gasteiger partial charge is 0.356 e. The van der Waals surface area contributed by atoms with Gasteiger partial charge in [-0.15, -0.1) is 0 Å². The molecule has 2 aliphatic carbocycles. The van der Waals surface area contributed by atoms with Crippen LogP contribution >= 0.6 is 0 Å². The lowest BCUT2D eigenvalue weighted by molar-refractivity contribution is -0.111. The SMILES string of the molecule is Cc1ccc2cc(C)ccc2c1.O=CNC1CCCCCCC1.O=CNC1CCCCCCC1. The summed E-state index contributed by atoms with van der Waals surface area (Å²) in [4.78, 5) is 20.3. The van der Waals surface area contributed by atoms with Crippen LogP contribution in [0, 0.1) is 13.8 Å². The van der Waals surface area contributed by atoms with Crippen LogP contribution in [0.1, 0.15) is 101 Å². The van der Waals surface area contributed by atoms with Crippen LogP contribution in [0.25, 0.3) is 10.8 Å². The number of fused-ring (bicyclic) bond motifs is 1. The Bertz CT molecular complexity index is 750. The van der Waals surface area contributed by atoms with Crippen LogP contribution in [0.2, 0.25) is 0 Å². The fraction of sp³-hybridized carbons (Fsp3) is 0.600. The number of hydrogen-bond acceptors (Lipinski definition) is 2. The fourth-order valence-electron chi connectivity index (χ4n) is 4.92. The van der Waals surface area contributed by atoms with Crippen molar-refractivity contribution in [1.29, 1.82) is 0 Å². The lowest BCUT2D eigenvalue weighted by Crippen LogP contribution is -2.28. The first kappa shape index (κ1) is 27.9. The van der Waals surface area contributed by atoms with E-state index in [4.69, 9.17) is 0 Å². The number of carbonyl (C=O) groups is 2. The van der Waals surface area contributed by atoms with Gasteiger partial charge in [0.05, 0.1) is 0 Å². The number of rotatable bonds is 4. The first-order chi connectivity index (χ1) is 16.6. The second-order valence-electron chi connectivity index (χ2n) is 10.0. The maximum Gasteiger partial charge on any atom is 0.207 e. The highest BCUT2D eigenvalue weighted by atomic mass is 16.1. The molecule has 2 saturated carbocycles. The molecule has 0 saturated heterocycles. The van der Waals surface area contributed by atoms with Gasteiger partial charge in [0.25, 0.3) is 0 Å². The van der Waals surface area contributed by atoms with E-state index >= 15 is 0 Å². The van der Waals surface area contributed by atoms with E-state index in [1.165, 1.54) is 112 Å². The topological polar surface area (TPSA) is 58.2 Å². The van der Waals surface area contributed by atoms with E-state index in [9.17, 15) is 9.59 Å². The zero-order chi connectivity index (χ0) is 24.4. The van der Waals surface area contributed by atoms with Crippen LogP contribution in [0.4, 0.5) is 0 Å². The Morgan fingerprint density at radius 2 is 0.882 bits per heavy atom. The molecule has 2 aromatic rings. The Kier molecular flexibility index (Phi) is 14.0. The number of amides is 2. The highest BCUT2D eigenvalue weighted by Gasteiger charge is 2.09. The van der Waals surface area contributed by atoms with Crippen LogP contribution in [0.5, 0.6) is 0 Å². The second kappa shape index (κ2) is 17.1. The summed E-state index contributed by atoms with van der Waals surface area (Å²) in [5.41, 5.74) is 2.65. The Balaban J connectivity index is 0.000000181. The summed E-state index contributed by atoms with van der Waals surface area (Å²) in [7, 11) is 0. The maximum absolute atomic E-state index is 10.2. The highest BCUT2D eigenvalue weighted by Crippen LogP contribution is 2.18. The zero-order valence-electron chi connectivity index (χ0n) is 21.5. The molecular weight excluding hydrogens is 420 g/mol. The molecule has 0 aromatic heterocycles. The summed E-state index contributed by atoms with van der Waals surface area (Å²) < 4.78 is 0. The van der Waals surface area contributed by atoms with E-state index in [0.717, 1.165) is 12.8 Å². The van der Waals surface area contributed by atoms with Crippen molar-refractivity contribution in [2.24, 2.45) is 0 Å². The average Bonchev–Trinajstić information content (AvgIpc) is 2.79. The van der Waals surface area contributed by atoms with Gasteiger partial charge >= 0.3 is 0 Å². The molecule has 0 radical (unpaired) electrons. The average molecular weight is 467 g/mol. The van der Waals surface area contributed by atoms with Gasteiger partial charge in [0.15, 0.2) is 0 Å². The summed E-state index contributed by atoms with van der Waals surface area (Å²) in [6.07, 6.45) is 19.7. The van der Waals surface area contributed by atoms with Gasteiger partial charge < -0.3 is 10.6 Å². The van der Waals surface area contributed by atoms with E-state index < -0.39 is 0 Å². The van der Waals surface area contributed by atoms with Crippen molar-refractivity contribution in [2.45, 2.75) is 116 Å². The molecular formula is C30H46N2O2. The molecule has 2 fully saturated rings. The van der Waals surface area contributed by atoms with Crippen molar-refractivity contribution >= 4 is 23.6 Å². The lowest BCUT2D eigenvalue weighted by atomic mass is 9.97. The van der Waals surface area contributed by atoms with Gasteiger partial charge in [0.2, 0.25) is 12.8 Å². The van der Waals surface area contributed by atoms with Crippen LogP contribution in [-0.4, -0.2) is 24.9 Å². The highest BCUT2D eigenvalue weighted by molar-refractivity contribution is 5.83. The molecule has 4 rings (SSSR count). The van der Waals surface area contributed by atoms with E-state index in [0.29, 0.717) is 12.1 Å². The van der Waals surface area contributed by atoms with Gasteiger partial charge in [-0.1, -0.05) is 112 Å². The molecule has 0 aliphatic heterocycles. The van der Waals surface area contributed by atoms with Crippen LogP contribution in [-0.2, 0) is 9.59 Å². The van der Waals surface area contributed by atoms with E-state index in [1.807, 2.05) is 0 Å². The van der Waals surface area contributed by atoms with Crippen molar-refractivity contribution in [3.8, 4) is 0 Å². The number of nitrogens with one attached hydrogen (secondary N) is 2. The maximum atomic E-state index is 10.2. The Labute approximate surface area is 207 Å². The van der Waals surface area contributed by atoms with Crippen LogP contribution < -0.4 is 10.6 Å². The number of hydrogen-bond donors (Lipinski definition) is 2. The summed E-state index contributed by atoms with van der Waals surface area (Å²) in [5, 5.41) is 8.41. The minimum atomic E-state index is 0.466. The molecule has 0 spiro atoms. The molecule has 0 atom stereocenters. The molecule has 0 heterocycles. The minimum Gasteiger partial charge on any atom is -0.356 e. The molecule has 4 nitrogen and oxygen atoms in total. The Morgan fingerprint density at radius 1 is 0.559 bits per heavy atom. The molecule has 0 bridgehead atoms. The van der Waals surface area contributed by atoms with Crippen molar-refractivity contribution < 1.29 is 9.59 Å².